The van der Waals surface area contributed by atoms with Crippen LogP contribution in [0.2, 0.25) is 0 Å². The first-order valence-corrected chi connectivity index (χ1v) is 12.3. The van der Waals surface area contributed by atoms with Crippen LogP contribution in [0, 0.1) is 12.8 Å². The second-order valence-corrected chi connectivity index (χ2v) is 9.61. The van der Waals surface area contributed by atoms with Crippen molar-refractivity contribution in [3.05, 3.63) is 99.0 Å². The Kier molecular flexibility index (Phi) is 7.88. The van der Waals surface area contributed by atoms with E-state index in [0.717, 1.165) is 29.5 Å². The number of aromatic nitrogens is 1. The van der Waals surface area contributed by atoms with Gasteiger partial charge in [0, 0.05) is 38.6 Å². The topological polar surface area (TPSA) is 80.6 Å². The number of ether oxygens (including phenoxy) is 1. The van der Waals surface area contributed by atoms with E-state index in [1.165, 1.54) is 6.20 Å². The van der Waals surface area contributed by atoms with Crippen molar-refractivity contribution in [3.63, 3.8) is 0 Å². The summed E-state index contributed by atoms with van der Waals surface area (Å²) in [6.45, 7) is 6.00. The summed E-state index contributed by atoms with van der Waals surface area (Å²) in [7, 11) is 1.60. The number of carbonyl (C=O) groups is 2. The molecule has 4 rings (SSSR count). The first kappa shape index (κ1) is 25.2. The Hall–Kier alpha value is -3.87. The smallest absolute Gasteiger partial charge is 0.259 e. The number of rotatable bonds is 7. The zero-order valence-electron chi connectivity index (χ0n) is 21.1. The third kappa shape index (κ3) is 6.03. The summed E-state index contributed by atoms with van der Waals surface area (Å²) in [5.74, 6) is 0.270. The van der Waals surface area contributed by atoms with Crippen molar-refractivity contribution >= 4 is 11.8 Å². The second kappa shape index (κ2) is 11.2. The van der Waals surface area contributed by atoms with Gasteiger partial charge in [0.15, 0.2) is 0 Å². The minimum absolute atomic E-state index is 0.0231. The van der Waals surface area contributed by atoms with Crippen LogP contribution in [-0.4, -0.2) is 41.5 Å². The van der Waals surface area contributed by atoms with Crippen molar-refractivity contribution in [2.45, 2.75) is 39.8 Å². The first-order chi connectivity index (χ1) is 17.3. The molecule has 2 aromatic carbocycles. The fourth-order valence-electron chi connectivity index (χ4n) is 4.55. The van der Waals surface area contributed by atoms with Gasteiger partial charge >= 0.3 is 0 Å². The molecule has 0 unspecified atom stereocenters. The zero-order chi connectivity index (χ0) is 25.7. The molecule has 1 aliphatic heterocycles. The van der Waals surface area contributed by atoms with E-state index < -0.39 is 11.3 Å². The van der Waals surface area contributed by atoms with Gasteiger partial charge in [-0.25, -0.2) is 0 Å². The molecule has 0 aliphatic carbocycles. The van der Waals surface area contributed by atoms with Crippen LogP contribution in [0.15, 0.2) is 65.7 Å². The van der Waals surface area contributed by atoms with Crippen molar-refractivity contribution in [2.24, 2.45) is 5.92 Å². The normalized spacial score (nSPS) is 15.4. The molecule has 3 aromatic rings. The highest BCUT2D eigenvalue weighted by molar-refractivity contribution is 5.99. The molecule has 0 spiro atoms. The summed E-state index contributed by atoms with van der Waals surface area (Å²) in [5.41, 5.74) is 2.43. The molecule has 1 aromatic heterocycles. The van der Waals surface area contributed by atoms with Gasteiger partial charge in [0.05, 0.1) is 7.11 Å². The molecule has 2 amide bonds. The summed E-state index contributed by atoms with van der Waals surface area (Å²) in [6.07, 6.45) is 5.06. The molecule has 0 saturated carbocycles. The number of piperidine rings is 1. The van der Waals surface area contributed by atoms with Crippen LogP contribution >= 0.6 is 0 Å². The first-order valence-electron chi connectivity index (χ1n) is 12.3. The number of nitrogens with one attached hydrogen (secondary N) is 1. The van der Waals surface area contributed by atoms with E-state index in [2.05, 4.69) is 12.2 Å². The van der Waals surface area contributed by atoms with E-state index in [-0.39, 0.29) is 23.6 Å². The molecule has 1 fully saturated rings. The van der Waals surface area contributed by atoms with Gasteiger partial charge < -0.3 is 19.5 Å². The number of likely N-dealkylation sites (tertiary alicyclic amines) is 1. The quantitative estimate of drug-likeness (QED) is 0.546. The molecule has 1 saturated heterocycles. The number of methoxy groups -OCH3 is 1. The number of benzene rings is 2. The van der Waals surface area contributed by atoms with Gasteiger partial charge in [-0.15, -0.1) is 0 Å². The average molecular weight is 488 g/mol. The predicted octanol–water partition coefficient (Wildman–Crippen LogP) is 4.02. The number of nitrogens with zero attached hydrogens (tertiary/aromatic N) is 2. The van der Waals surface area contributed by atoms with Gasteiger partial charge in [-0.3, -0.25) is 14.4 Å². The zero-order valence-corrected chi connectivity index (χ0v) is 21.1. The highest BCUT2D eigenvalue weighted by Crippen LogP contribution is 2.18. The molecule has 2 heterocycles. The largest absolute Gasteiger partial charge is 0.497 e. The van der Waals surface area contributed by atoms with Crippen molar-refractivity contribution < 1.29 is 14.3 Å². The van der Waals surface area contributed by atoms with Crippen molar-refractivity contribution in [3.8, 4) is 5.75 Å². The van der Waals surface area contributed by atoms with Crippen LogP contribution in [0.5, 0.6) is 5.75 Å². The van der Waals surface area contributed by atoms with Crippen LogP contribution in [0.1, 0.15) is 57.2 Å². The summed E-state index contributed by atoms with van der Waals surface area (Å²) >= 11 is 0. The van der Waals surface area contributed by atoms with E-state index in [1.807, 2.05) is 55.5 Å². The van der Waals surface area contributed by atoms with Gasteiger partial charge in [0.2, 0.25) is 5.43 Å². The predicted molar refractivity (Wildman–Crippen MR) is 139 cm³/mol. The molecule has 1 N–H and O–H groups in total. The van der Waals surface area contributed by atoms with Crippen LogP contribution < -0.4 is 15.5 Å². The standard InChI is InChI=1S/C29H33N3O4/c1-20-9-11-22(12-10-20)15-30-28(34)25-18-31(17-23-7-4-8-24(14-23)36-3)19-26(27(25)33)29(35)32-13-5-6-21(2)16-32/h4,7-12,14,18-19,21H,5-6,13,15-17H2,1-3H3,(H,30,34)/t21-/m0/s1. The molecule has 36 heavy (non-hydrogen) atoms. The highest BCUT2D eigenvalue weighted by Gasteiger charge is 2.26. The van der Waals surface area contributed by atoms with E-state index in [0.29, 0.717) is 31.3 Å². The van der Waals surface area contributed by atoms with Gasteiger partial charge in [-0.05, 0) is 48.9 Å². The minimum Gasteiger partial charge on any atom is -0.497 e. The highest BCUT2D eigenvalue weighted by atomic mass is 16.5. The molecular weight excluding hydrogens is 454 g/mol. The molecule has 7 heteroatoms. The molecule has 0 bridgehead atoms. The number of pyridine rings is 1. The van der Waals surface area contributed by atoms with Crippen LogP contribution in [0.25, 0.3) is 0 Å². The Morgan fingerprint density at radius 1 is 1.06 bits per heavy atom. The Bertz CT molecular complexity index is 1300. The SMILES string of the molecule is COc1cccc(Cn2cc(C(=O)NCc3ccc(C)cc3)c(=O)c(C(=O)N3CCC[C@H](C)C3)c2)c1. The lowest BCUT2D eigenvalue weighted by atomic mass is 9.99. The number of aryl methyl sites for hydroxylation is 1. The second-order valence-electron chi connectivity index (χ2n) is 9.61. The van der Waals surface area contributed by atoms with Crippen LogP contribution in [-0.2, 0) is 13.1 Å². The molecular formula is C29H33N3O4. The monoisotopic (exact) mass is 487 g/mol. The Morgan fingerprint density at radius 2 is 1.81 bits per heavy atom. The summed E-state index contributed by atoms with van der Waals surface area (Å²) in [6, 6.07) is 15.4. The fraction of sp³-hybridized carbons (Fsp3) is 0.345. The number of amides is 2. The molecule has 7 nitrogen and oxygen atoms in total. The van der Waals surface area contributed by atoms with Gasteiger partial charge in [0.25, 0.3) is 11.8 Å². The third-order valence-electron chi connectivity index (χ3n) is 6.57. The van der Waals surface area contributed by atoms with E-state index >= 15 is 0 Å². The summed E-state index contributed by atoms with van der Waals surface area (Å²) in [5, 5.41) is 2.84. The molecule has 188 valence electrons. The Balaban J connectivity index is 1.66. The lowest BCUT2D eigenvalue weighted by Gasteiger charge is -2.31. The number of carbonyl (C=O) groups excluding carboxylic acids is 2. The fourth-order valence-corrected chi connectivity index (χ4v) is 4.55. The maximum Gasteiger partial charge on any atom is 0.259 e. The number of hydrogen-bond acceptors (Lipinski definition) is 4. The van der Waals surface area contributed by atoms with E-state index in [1.54, 1.807) is 22.8 Å². The van der Waals surface area contributed by atoms with Crippen LogP contribution in [0.4, 0.5) is 0 Å². The van der Waals surface area contributed by atoms with Crippen molar-refractivity contribution in [1.82, 2.24) is 14.8 Å². The molecule has 0 radical (unpaired) electrons. The maximum atomic E-state index is 13.4. The Morgan fingerprint density at radius 3 is 2.53 bits per heavy atom. The minimum atomic E-state index is -0.540. The molecule has 1 atom stereocenters. The average Bonchev–Trinajstić information content (AvgIpc) is 2.88. The maximum absolute atomic E-state index is 13.4. The van der Waals surface area contributed by atoms with Crippen molar-refractivity contribution in [1.29, 1.82) is 0 Å². The third-order valence-corrected chi connectivity index (χ3v) is 6.57. The molecule has 1 aliphatic rings. The van der Waals surface area contributed by atoms with E-state index in [4.69, 9.17) is 4.74 Å². The number of hydrogen-bond donors (Lipinski definition) is 1. The van der Waals surface area contributed by atoms with Gasteiger partial charge in [0.1, 0.15) is 16.9 Å². The summed E-state index contributed by atoms with van der Waals surface area (Å²) < 4.78 is 7.06. The van der Waals surface area contributed by atoms with Gasteiger partial charge in [-0.1, -0.05) is 48.9 Å². The lowest BCUT2D eigenvalue weighted by molar-refractivity contribution is 0.0680. The van der Waals surface area contributed by atoms with Crippen molar-refractivity contribution in [2.75, 3.05) is 20.2 Å². The summed E-state index contributed by atoms with van der Waals surface area (Å²) in [4.78, 5) is 41.7. The van der Waals surface area contributed by atoms with E-state index in [9.17, 15) is 14.4 Å². The van der Waals surface area contributed by atoms with Crippen LogP contribution in [0.3, 0.4) is 0 Å². The Labute approximate surface area is 211 Å². The van der Waals surface area contributed by atoms with Gasteiger partial charge in [-0.2, -0.15) is 0 Å². The lowest BCUT2D eigenvalue weighted by Crippen LogP contribution is -2.42.